The average molecular weight is 359 g/mol. The topological polar surface area (TPSA) is 88.0 Å². The van der Waals surface area contributed by atoms with Gasteiger partial charge in [-0.25, -0.2) is 0 Å². The molecule has 0 saturated heterocycles. The number of phenols is 1. The van der Waals surface area contributed by atoms with Crippen molar-refractivity contribution in [2.75, 3.05) is 20.8 Å². The van der Waals surface area contributed by atoms with Crippen molar-refractivity contribution in [2.24, 2.45) is 0 Å². The fourth-order valence-electron chi connectivity index (χ4n) is 2.64. The van der Waals surface area contributed by atoms with E-state index in [9.17, 15) is 15.0 Å². The van der Waals surface area contributed by atoms with E-state index in [1.807, 2.05) is 6.92 Å². The summed E-state index contributed by atoms with van der Waals surface area (Å²) in [6, 6.07) is 11.3. The maximum absolute atomic E-state index is 12.3. The molecule has 0 amide bonds. The number of benzene rings is 2. The predicted molar refractivity (Wildman–Crippen MR) is 99.0 cm³/mol. The number of aromatic hydroxyl groups is 1. The zero-order valence-electron chi connectivity index (χ0n) is 15.2. The Morgan fingerprint density at radius 1 is 1.08 bits per heavy atom. The lowest BCUT2D eigenvalue weighted by molar-refractivity contribution is 0.0971. The molecule has 0 radical (unpaired) electrons. The van der Waals surface area contributed by atoms with E-state index in [0.29, 0.717) is 35.6 Å². The summed E-state index contributed by atoms with van der Waals surface area (Å²) in [6.45, 7) is 2.28. The van der Waals surface area contributed by atoms with Crippen LogP contribution in [0.15, 0.2) is 42.5 Å². The zero-order valence-corrected chi connectivity index (χ0v) is 15.2. The molecule has 0 fully saturated rings. The van der Waals surface area contributed by atoms with Crippen LogP contribution in [0.1, 0.15) is 35.4 Å². The molecule has 3 N–H and O–H groups in total. The summed E-state index contributed by atoms with van der Waals surface area (Å²) in [5.74, 6) is 1.22. The van der Waals surface area contributed by atoms with Crippen LogP contribution in [-0.4, -0.2) is 42.8 Å². The number of phenolic OH excluding ortho intramolecular Hbond substituents is 1. The number of hydrogen-bond acceptors (Lipinski definition) is 6. The Labute approximate surface area is 153 Å². The lowest BCUT2D eigenvalue weighted by Gasteiger charge is -2.20. The van der Waals surface area contributed by atoms with Crippen molar-refractivity contribution in [3.8, 4) is 17.2 Å². The number of ketones is 1. The molecule has 0 aliphatic carbocycles. The van der Waals surface area contributed by atoms with Crippen LogP contribution >= 0.6 is 0 Å². The molecular weight excluding hydrogens is 334 g/mol. The second-order valence-corrected chi connectivity index (χ2v) is 6.02. The molecule has 2 aromatic rings. The number of carbonyl (C=O) groups is 1. The monoisotopic (exact) mass is 359 g/mol. The van der Waals surface area contributed by atoms with Gasteiger partial charge in [-0.2, -0.15) is 0 Å². The molecule has 140 valence electrons. The number of methoxy groups -OCH3 is 2. The van der Waals surface area contributed by atoms with Crippen molar-refractivity contribution in [3.05, 3.63) is 53.6 Å². The molecule has 0 saturated carbocycles. The molecule has 0 aliphatic heterocycles. The summed E-state index contributed by atoms with van der Waals surface area (Å²) >= 11 is 0. The van der Waals surface area contributed by atoms with E-state index in [-0.39, 0.29) is 17.6 Å². The van der Waals surface area contributed by atoms with E-state index in [0.717, 1.165) is 0 Å². The lowest BCUT2D eigenvalue weighted by atomic mass is 10.0. The standard InChI is InChI=1S/C20H25NO5/c1-13(20(24)14-4-7-16(22)8-5-14)21-11-10-17(23)15-6-9-18(25-2)19(12-15)26-3/h4-9,12-13,20-22,24H,10-11H2,1-3H3. The molecule has 26 heavy (non-hydrogen) atoms. The van der Waals surface area contributed by atoms with Crippen LogP contribution < -0.4 is 14.8 Å². The first-order valence-corrected chi connectivity index (χ1v) is 8.42. The molecule has 2 unspecified atom stereocenters. The van der Waals surface area contributed by atoms with E-state index in [4.69, 9.17) is 9.47 Å². The number of Topliss-reactive ketones (excluding diaryl/α,β-unsaturated/α-hetero) is 1. The van der Waals surface area contributed by atoms with Crippen LogP contribution in [0, 0.1) is 0 Å². The van der Waals surface area contributed by atoms with Crippen LogP contribution in [0.4, 0.5) is 0 Å². The number of rotatable bonds is 9. The molecule has 2 aromatic carbocycles. The van der Waals surface area contributed by atoms with E-state index in [1.165, 1.54) is 19.2 Å². The first-order chi connectivity index (χ1) is 12.5. The molecule has 6 nitrogen and oxygen atoms in total. The number of aliphatic hydroxyl groups is 1. The van der Waals surface area contributed by atoms with Gasteiger partial charge in [0.1, 0.15) is 5.75 Å². The van der Waals surface area contributed by atoms with Crippen molar-refractivity contribution in [1.29, 1.82) is 0 Å². The highest BCUT2D eigenvalue weighted by atomic mass is 16.5. The zero-order chi connectivity index (χ0) is 19.1. The average Bonchev–Trinajstić information content (AvgIpc) is 2.67. The third kappa shape index (κ3) is 4.97. The van der Waals surface area contributed by atoms with Crippen molar-refractivity contribution in [3.63, 3.8) is 0 Å². The summed E-state index contributed by atoms with van der Waals surface area (Å²) in [7, 11) is 3.07. The third-order valence-corrected chi connectivity index (χ3v) is 4.23. The predicted octanol–water partition coefficient (Wildman–Crippen LogP) is 2.69. The summed E-state index contributed by atoms with van der Waals surface area (Å²) in [5.41, 5.74) is 1.25. The summed E-state index contributed by atoms with van der Waals surface area (Å²) in [6.07, 6.45) is -0.436. The number of hydrogen-bond donors (Lipinski definition) is 3. The molecule has 0 bridgehead atoms. The molecule has 6 heteroatoms. The third-order valence-electron chi connectivity index (χ3n) is 4.23. The van der Waals surface area contributed by atoms with Crippen molar-refractivity contribution in [2.45, 2.75) is 25.5 Å². The normalized spacial score (nSPS) is 13.1. The minimum atomic E-state index is -0.730. The van der Waals surface area contributed by atoms with Gasteiger partial charge in [0, 0.05) is 24.6 Å². The van der Waals surface area contributed by atoms with Gasteiger partial charge in [-0.1, -0.05) is 12.1 Å². The van der Waals surface area contributed by atoms with Gasteiger partial charge in [0.25, 0.3) is 0 Å². The van der Waals surface area contributed by atoms with Gasteiger partial charge < -0.3 is 25.0 Å². The van der Waals surface area contributed by atoms with Gasteiger partial charge in [-0.3, -0.25) is 4.79 Å². The van der Waals surface area contributed by atoms with E-state index >= 15 is 0 Å². The molecule has 2 rings (SSSR count). The summed E-state index contributed by atoms with van der Waals surface area (Å²) < 4.78 is 10.4. The maximum Gasteiger partial charge on any atom is 0.164 e. The Hall–Kier alpha value is -2.57. The molecular formula is C20H25NO5. The second kappa shape index (κ2) is 9.22. The van der Waals surface area contributed by atoms with Gasteiger partial charge in [-0.15, -0.1) is 0 Å². The quantitative estimate of drug-likeness (QED) is 0.597. The number of carbonyl (C=O) groups excluding carboxylic acids is 1. The Bertz CT molecular complexity index is 729. The molecule has 0 aliphatic rings. The largest absolute Gasteiger partial charge is 0.508 e. The summed E-state index contributed by atoms with van der Waals surface area (Å²) in [5, 5.41) is 22.8. The van der Waals surface area contributed by atoms with Crippen LogP contribution in [0.3, 0.4) is 0 Å². The van der Waals surface area contributed by atoms with Gasteiger partial charge in [-0.05, 0) is 42.8 Å². The van der Waals surface area contributed by atoms with Crippen LogP contribution in [0.5, 0.6) is 17.2 Å². The van der Waals surface area contributed by atoms with Crippen molar-refractivity contribution >= 4 is 5.78 Å². The lowest BCUT2D eigenvalue weighted by Crippen LogP contribution is -2.33. The smallest absolute Gasteiger partial charge is 0.164 e. The first-order valence-electron chi connectivity index (χ1n) is 8.42. The van der Waals surface area contributed by atoms with E-state index in [2.05, 4.69) is 5.32 Å². The fraction of sp³-hybridized carbons (Fsp3) is 0.350. The Morgan fingerprint density at radius 3 is 2.35 bits per heavy atom. The molecule has 0 aromatic heterocycles. The van der Waals surface area contributed by atoms with Crippen LogP contribution in [0.25, 0.3) is 0 Å². The Morgan fingerprint density at radius 2 is 1.73 bits per heavy atom. The number of aliphatic hydroxyl groups excluding tert-OH is 1. The van der Waals surface area contributed by atoms with E-state index < -0.39 is 6.10 Å². The van der Waals surface area contributed by atoms with Crippen molar-refractivity contribution < 1.29 is 24.5 Å². The summed E-state index contributed by atoms with van der Waals surface area (Å²) in [4.78, 5) is 12.3. The Balaban J connectivity index is 1.88. The maximum atomic E-state index is 12.3. The van der Waals surface area contributed by atoms with Crippen LogP contribution in [-0.2, 0) is 0 Å². The molecule has 2 atom stereocenters. The number of ether oxygens (including phenoxy) is 2. The highest BCUT2D eigenvalue weighted by Crippen LogP contribution is 2.28. The minimum Gasteiger partial charge on any atom is -0.508 e. The van der Waals surface area contributed by atoms with Crippen molar-refractivity contribution in [1.82, 2.24) is 5.32 Å². The highest BCUT2D eigenvalue weighted by molar-refractivity contribution is 5.96. The van der Waals surface area contributed by atoms with Crippen LogP contribution in [0.2, 0.25) is 0 Å². The second-order valence-electron chi connectivity index (χ2n) is 6.02. The van der Waals surface area contributed by atoms with Gasteiger partial charge in [0.2, 0.25) is 0 Å². The highest BCUT2D eigenvalue weighted by Gasteiger charge is 2.17. The number of nitrogens with one attached hydrogen (secondary N) is 1. The fourth-order valence-corrected chi connectivity index (χ4v) is 2.64. The SMILES string of the molecule is COc1ccc(C(=O)CCNC(C)C(O)c2ccc(O)cc2)cc1OC. The minimum absolute atomic E-state index is 0.0234. The van der Waals surface area contributed by atoms with Gasteiger partial charge in [0.05, 0.1) is 20.3 Å². The van der Waals surface area contributed by atoms with Gasteiger partial charge >= 0.3 is 0 Å². The molecule has 0 heterocycles. The Kier molecular flexibility index (Phi) is 7.00. The molecule has 0 spiro atoms. The first kappa shape index (κ1) is 19.8. The van der Waals surface area contributed by atoms with E-state index in [1.54, 1.807) is 37.4 Å². The van der Waals surface area contributed by atoms with Gasteiger partial charge in [0.15, 0.2) is 17.3 Å².